The van der Waals surface area contributed by atoms with Gasteiger partial charge in [-0.2, -0.15) is 0 Å². The lowest BCUT2D eigenvalue weighted by Gasteiger charge is -2.14. The van der Waals surface area contributed by atoms with E-state index in [9.17, 15) is 4.79 Å². The maximum absolute atomic E-state index is 12.4. The summed E-state index contributed by atoms with van der Waals surface area (Å²) in [6.45, 7) is 1.91. The topological polar surface area (TPSA) is 67.8 Å². The molecule has 1 amide bonds. The van der Waals surface area contributed by atoms with Crippen molar-refractivity contribution >= 4 is 33.4 Å². The van der Waals surface area contributed by atoms with Crippen LogP contribution in [0.25, 0.3) is 11.0 Å². The second-order valence-electron chi connectivity index (χ2n) is 6.65. The first-order valence-electron chi connectivity index (χ1n) is 8.22. The lowest BCUT2D eigenvalue weighted by molar-refractivity contribution is 0.102. The van der Waals surface area contributed by atoms with Gasteiger partial charge in [-0.05, 0) is 44.4 Å². The third-order valence-corrected chi connectivity index (χ3v) is 5.90. The maximum Gasteiger partial charge on any atom is 0.257 e. The van der Waals surface area contributed by atoms with Gasteiger partial charge in [0.15, 0.2) is 5.13 Å². The van der Waals surface area contributed by atoms with Crippen molar-refractivity contribution in [1.82, 2.24) is 15.0 Å². The van der Waals surface area contributed by atoms with Gasteiger partial charge in [-0.25, -0.2) is 15.0 Å². The van der Waals surface area contributed by atoms with Gasteiger partial charge in [0.05, 0.1) is 28.1 Å². The number of fused-ring (bicyclic) bond motifs is 6. The van der Waals surface area contributed by atoms with Crippen molar-refractivity contribution < 1.29 is 4.79 Å². The highest BCUT2D eigenvalue weighted by molar-refractivity contribution is 7.13. The molecule has 1 fully saturated rings. The zero-order valence-corrected chi connectivity index (χ0v) is 14.1. The number of amides is 1. The fourth-order valence-corrected chi connectivity index (χ4v) is 4.57. The Hall–Kier alpha value is -2.34. The van der Waals surface area contributed by atoms with Crippen molar-refractivity contribution in [3.05, 3.63) is 46.2 Å². The minimum atomic E-state index is -0.157. The van der Waals surface area contributed by atoms with E-state index < -0.39 is 0 Å². The van der Waals surface area contributed by atoms with Crippen LogP contribution in [0.5, 0.6) is 0 Å². The average Bonchev–Trinajstić information content (AvgIpc) is 3.29. The van der Waals surface area contributed by atoms with E-state index in [4.69, 9.17) is 9.97 Å². The van der Waals surface area contributed by atoms with Crippen molar-refractivity contribution in [1.29, 1.82) is 0 Å². The number of thiazole rings is 1. The Labute approximate surface area is 143 Å². The summed E-state index contributed by atoms with van der Waals surface area (Å²) in [5.74, 6) is 1.01. The van der Waals surface area contributed by atoms with Gasteiger partial charge in [-0.3, -0.25) is 10.1 Å². The quantitative estimate of drug-likeness (QED) is 0.768. The van der Waals surface area contributed by atoms with Gasteiger partial charge in [0.2, 0.25) is 0 Å². The summed E-state index contributed by atoms with van der Waals surface area (Å²) in [4.78, 5) is 26.4. The molecule has 1 aromatic carbocycles. The second-order valence-corrected chi connectivity index (χ2v) is 7.51. The standard InChI is InChI=1S/C18H16N4OS/c1-9-8-24-18(19-9)22-17(23)12-4-5-13-14(7-12)21-16-11-3-2-10(6-11)15(16)20-13/h4-5,7-8,10-11H,2-3,6H2,1H3,(H,19,22,23). The lowest BCUT2D eigenvalue weighted by atomic mass is 10.00. The van der Waals surface area contributed by atoms with Crippen molar-refractivity contribution in [2.75, 3.05) is 5.32 Å². The molecule has 120 valence electrons. The molecule has 0 spiro atoms. The van der Waals surface area contributed by atoms with Gasteiger partial charge < -0.3 is 0 Å². The van der Waals surface area contributed by atoms with E-state index in [0.29, 0.717) is 22.5 Å². The number of nitrogens with zero attached hydrogens (tertiary/aromatic N) is 3. The maximum atomic E-state index is 12.4. The molecule has 24 heavy (non-hydrogen) atoms. The fourth-order valence-electron chi connectivity index (χ4n) is 3.88. The molecule has 0 aliphatic heterocycles. The normalized spacial score (nSPS) is 21.2. The Bertz CT molecular complexity index is 980. The van der Waals surface area contributed by atoms with Gasteiger partial charge in [0.1, 0.15) is 0 Å². The van der Waals surface area contributed by atoms with Crippen molar-refractivity contribution in [3.8, 4) is 0 Å². The molecule has 6 heteroatoms. The molecule has 0 saturated heterocycles. The number of hydrogen-bond donors (Lipinski definition) is 1. The van der Waals surface area contributed by atoms with Crippen LogP contribution in [-0.4, -0.2) is 20.9 Å². The summed E-state index contributed by atoms with van der Waals surface area (Å²) in [5.41, 5.74) is 5.53. The molecule has 2 unspecified atom stereocenters. The minimum absolute atomic E-state index is 0.157. The largest absolute Gasteiger partial charge is 0.298 e. The van der Waals surface area contributed by atoms with Gasteiger partial charge in [-0.15, -0.1) is 11.3 Å². The van der Waals surface area contributed by atoms with Crippen LogP contribution in [0, 0.1) is 6.92 Å². The van der Waals surface area contributed by atoms with Gasteiger partial charge in [-0.1, -0.05) is 0 Å². The molecular weight excluding hydrogens is 320 g/mol. The van der Waals surface area contributed by atoms with E-state index >= 15 is 0 Å². The molecule has 2 atom stereocenters. The van der Waals surface area contributed by atoms with E-state index in [2.05, 4.69) is 10.3 Å². The van der Waals surface area contributed by atoms with E-state index in [1.165, 1.54) is 36.3 Å². The fraction of sp³-hybridized carbons (Fsp3) is 0.333. The summed E-state index contributed by atoms with van der Waals surface area (Å²) in [7, 11) is 0. The number of carbonyl (C=O) groups is 1. The second kappa shape index (κ2) is 5.08. The Kier molecular flexibility index (Phi) is 2.97. The summed E-state index contributed by atoms with van der Waals surface area (Å²) in [6, 6.07) is 5.55. The van der Waals surface area contributed by atoms with Crippen molar-refractivity contribution in [3.63, 3.8) is 0 Å². The predicted molar refractivity (Wildman–Crippen MR) is 93.7 cm³/mol. The summed E-state index contributed by atoms with van der Waals surface area (Å²) in [5, 5.41) is 5.38. The van der Waals surface area contributed by atoms with Gasteiger partial charge >= 0.3 is 0 Å². The molecule has 1 N–H and O–H groups in total. The zero-order valence-electron chi connectivity index (χ0n) is 13.2. The van der Waals surface area contributed by atoms with Crippen LogP contribution in [0.1, 0.15) is 58.5 Å². The summed E-state index contributed by atoms with van der Waals surface area (Å²) in [6.07, 6.45) is 3.66. The Morgan fingerprint density at radius 3 is 2.58 bits per heavy atom. The van der Waals surface area contributed by atoms with Crippen molar-refractivity contribution in [2.24, 2.45) is 0 Å². The molecule has 1 saturated carbocycles. The molecule has 2 aromatic heterocycles. The van der Waals surface area contributed by atoms with E-state index in [1.807, 2.05) is 30.5 Å². The monoisotopic (exact) mass is 336 g/mol. The zero-order chi connectivity index (χ0) is 16.3. The van der Waals surface area contributed by atoms with E-state index in [1.54, 1.807) is 0 Å². The van der Waals surface area contributed by atoms with Crippen LogP contribution in [0.4, 0.5) is 5.13 Å². The lowest BCUT2D eigenvalue weighted by Crippen LogP contribution is -2.12. The number of nitrogens with one attached hydrogen (secondary N) is 1. The highest BCUT2D eigenvalue weighted by atomic mass is 32.1. The van der Waals surface area contributed by atoms with E-state index in [-0.39, 0.29) is 5.91 Å². The smallest absolute Gasteiger partial charge is 0.257 e. The number of aromatic nitrogens is 3. The first-order chi connectivity index (χ1) is 11.7. The molecule has 5 rings (SSSR count). The number of benzene rings is 1. The molecular formula is C18H16N4OS. The number of aryl methyl sites for hydroxylation is 1. The van der Waals surface area contributed by atoms with Crippen LogP contribution in [0.15, 0.2) is 23.6 Å². The summed E-state index contributed by atoms with van der Waals surface area (Å²) >= 11 is 1.43. The van der Waals surface area contributed by atoms with Crippen LogP contribution in [-0.2, 0) is 0 Å². The number of rotatable bonds is 2. The van der Waals surface area contributed by atoms with E-state index in [0.717, 1.165) is 22.4 Å². The minimum Gasteiger partial charge on any atom is -0.298 e. The number of carbonyl (C=O) groups excluding carboxylic acids is 1. The van der Waals surface area contributed by atoms with Crippen LogP contribution in [0.2, 0.25) is 0 Å². The third kappa shape index (κ3) is 2.13. The first-order valence-corrected chi connectivity index (χ1v) is 9.10. The Balaban J connectivity index is 1.50. The van der Waals surface area contributed by atoms with Crippen molar-refractivity contribution in [2.45, 2.75) is 38.0 Å². The van der Waals surface area contributed by atoms with Gasteiger partial charge in [0.25, 0.3) is 5.91 Å². The third-order valence-electron chi connectivity index (χ3n) is 5.03. The van der Waals surface area contributed by atoms with Crippen LogP contribution < -0.4 is 5.32 Å². The Morgan fingerprint density at radius 2 is 1.88 bits per heavy atom. The predicted octanol–water partition coefficient (Wildman–Crippen LogP) is 4.01. The Morgan fingerprint density at radius 1 is 1.12 bits per heavy atom. The summed E-state index contributed by atoms with van der Waals surface area (Å²) < 4.78 is 0. The van der Waals surface area contributed by atoms with Crippen LogP contribution >= 0.6 is 11.3 Å². The highest BCUT2D eigenvalue weighted by Crippen LogP contribution is 2.51. The van der Waals surface area contributed by atoms with Crippen LogP contribution in [0.3, 0.4) is 0 Å². The molecule has 2 aliphatic rings. The number of hydrogen-bond acceptors (Lipinski definition) is 5. The first kappa shape index (κ1) is 14.0. The van der Waals surface area contributed by atoms with Gasteiger partial charge in [0, 0.05) is 22.8 Å². The molecule has 5 nitrogen and oxygen atoms in total. The molecule has 2 heterocycles. The average molecular weight is 336 g/mol. The molecule has 2 bridgehead atoms. The highest BCUT2D eigenvalue weighted by Gasteiger charge is 2.39. The number of anilines is 1. The molecule has 2 aliphatic carbocycles. The molecule has 3 aromatic rings. The SMILES string of the molecule is Cc1csc(NC(=O)c2ccc3nc4c(nc3c2)C2CCC4C2)n1. The molecule has 0 radical (unpaired) electrons.